The Balaban J connectivity index is 2.03. The highest BCUT2D eigenvalue weighted by atomic mass is 35.5. The van der Waals surface area contributed by atoms with Crippen LogP contribution < -0.4 is 10.1 Å². The van der Waals surface area contributed by atoms with Crippen LogP contribution in [0.4, 0.5) is 0 Å². The number of benzene rings is 2. The fraction of sp³-hybridized carbons (Fsp3) is 0.294. The van der Waals surface area contributed by atoms with Gasteiger partial charge in [-0.05, 0) is 30.7 Å². The maximum Gasteiger partial charge on any atom is 0.137 e. The van der Waals surface area contributed by atoms with Crippen LogP contribution in [0.3, 0.4) is 0 Å². The molecule has 2 nitrogen and oxygen atoms in total. The van der Waals surface area contributed by atoms with Gasteiger partial charge in [-0.1, -0.05) is 61.0 Å². The van der Waals surface area contributed by atoms with Crippen LogP contribution in [-0.2, 0) is 0 Å². The average Bonchev–Trinajstić information content (AvgIpc) is 2.50. The minimum Gasteiger partial charge on any atom is -0.490 e. The van der Waals surface area contributed by atoms with Crippen molar-refractivity contribution in [1.82, 2.24) is 5.32 Å². The van der Waals surface area contributed by atoms with Crippen LogP contribution in [0.15, 0.2) is 54.6 Å². The third-order valence-electron chi connectivity index (χ3n) is 3.08. The summed E-state index contributed by atoms with van der Waals surface area (Å²) in [5.74, 6) is 0.730. The van der Waals surface area contributed by atoms with E-state index >= 15 is 0 Å². The van der Waals surface area contributed by atoms with Crippen LogP contribution in [0.1, 0.15) is 24.9 Å². The van der Waals surface area contributed by atoms with Gasteiger partial charge in [-0.3, -0.25) is 0 Å². The summed E-state index contributed by atoms with van der Waals surface area (Å²) in [5.41, 5.74) is 1.23. The number of para-hydroxylation sites is 1. The molecule has 0 aliphatic carbocycles. The first-order chi connectivity index (χ1) is 9.81. The second kappa shape index (κ2) is 7.93. The summed E-state index contributed by atoms with van der Waals surface area (Å²) in [7, 11) is 0. The highest BCUT2D eigenvalue weighted by Crippen LogP contribution is 2.24. The number of hydrogen-bond acceptors (Lipinski definition) is 2. The van der Waals surface area contributed by atoms with Gasteiger partial charge in [0.25, 0.3) is 0 Å². The highest BCUT2D eigenvalue weighted by molar-refractivity contribution is 6.32. The summed E-state index contributed by atoms with van der Waals surface area (Å²) >= 11 is 6.11. The van der Waals surface area contributed by atoms with E-state index < -0.39 is 0 Å². The standard InChI is InChI=1S/C17H20ClNO/c1-2-12-19-16(14-8-4-3-5-9-14)13-20-17-11-7-6-10-15(17)18/h3-11,16,19H,2,12-13H2,1H3. The van der Waals surface area contributed by atoms with Crippen molar-refractivity contribution in [2.24, 2.45) is 0 Å². The summed E-state index contributed by atoms with van der Waals surface area (Å²) in [4.78, 5) is 0. The SMILES string of the molecule is CCCNC(COc1ccccc1Cl)c1ccccc1. The summed E-state index contributed by atoms with van der Waals surface area (Å²) in [6.45, 7) is 3.68. The van der Waals surface area contributed by atoms with Crippen LogP contribution >= 0.6 is 11.6 Å². The van der Waals surface area contributed by atoms with Gasteiger partial charge in [0.05, 0.1) is 11.1 Å². The van der Waals surface area contributed by atoms with Crippen LogP contribution in [-0.4, -0.2) is 13.2 Å². The molecule has 0 aliphatic rings. The Hall–Kier alpha value is -1.51. The Morgan fingerprint density at radius 3 is 2.45 bits per heavy atom. The molecule has 0 aromatic heterocycles. The van der Waals surface area contributed by atoms with E-state index in [4.69, 9.17) is 16.3 Å². The summed E-state index contributed by atoms with van der Waals surface area (Å²) < 4.78 is 5.86. The lowest BCUT2D eigenvalue weighted by atomic mass is 10.1. The maximum atomic E-state index is 6.11. The number of rotatable bonds is 7. The van der Waals surface area contributed by atoms with Gasteiger partial charge >= 0.3 is 0 Å². The van der Waals surface area contributed by atoms with Gasteiger partial charge in [0.1, 0.15) is 12.4 Å². The van der Waals surface area contributed by atoms with Crippen molar-refractivity contribution >= 4 is 11.6 Å². The van der Waals surface area contributed by atoms with Gasteiger partial charge in [0, 0.05) is 0 Å². The Kier molecular flexibility index (Phi) is 5.90. The fourth-order valence-corrected chi connectivity index (χ4v) is 2.20. The molecule has 0 amide bonds. The first kappa shape index (κ1) is 14.9. The summed E-state index contributed by atoms with van der Waals surface area (Å²) in [6, 6.07) is 18.1. The lowest BCUT2D eigenvalue weighted by Crippen LogP contribution is -2.27. The quantitative estimate of drug-likeness (QED) is 0.812. The molecule has 0 saturated carbocycles. The van der Waals surface area contributed by atoms with Crippen molar-refractivity contribution in [3.63, 3.8) is 0 Å². The molecule has 20 heavy (non-hydrogen) atoms. The van der Waals surface area contributed by atoms with Crippen molar-refractivity contribution in [3.05, 3.63) is 65.2 Å². The largest absolute Gasteiger partial charge is 0.490 e. The van der Waals surface area contributed by atoms with Crippen molar-refractivity contribution in [2.75, 3.05) is 13.2 Å². The second-order valence-electron chi connectivity index (χ2n) is 4.66. The van der Waals surface area contributed by atoms with E-state index in [9.17, 15) is 0 Å². The van der Waals surface area contributed by atoms with E-state index in [0.717, 1.165) is 18.7 Å². The Bertz CT molecular complexity index is 515. The van der Waals surface area contributed by atoms with Gasteiger partial charge in [-0.2, -0.15) is 0 Å². The minimum absolute atomic E-state index is 0.174. The molecule has 0 aliphatic heterocycles. The minimum atomic E-state index is 0.174. The molecule has 0 spiro atoms. The van der Waals surface area contributed by atoms with Gasteiger partial charge in [-0.15, -0.1) is 0 Å². The molecule has 0 bridgehead atoms. The molecule has 106 valence electrons. The maximum absolute atomic E-state index is 6.11. The normalized spacial score (nSPS) is 12.1. The fourth-order valence-electron chi connectivity index (χ4n) is 2.01. The highest BCUT2D eigenvalue weighted by Gasteiger charge is 2.12. The van der Waals surface area contributed by atoms with Crippen molar-refractivity contribution < 1.29 is 4.74 Å². The lowest BCUT2D eigenvalue weighted by Gasteiger charge is -2.20. The molecule has 2 aromatic carbocycles. The Morgan fingerprint density at radius 2 is 1.75 bits per heavy atom. The van der Waals surface area contributed by atoms with Crippen LogP contribution in [0.2, 0.25) is 5.02 Å². The van der Waals surface area contributed by atoms with E-state index in [1.807, 2.05) is 42.5 Å². The van der Waals surface area contributed by atoms with Crippen LogP contribution in [0, 0.1) is 0 Å². The zero-order valence-corrected chi connectivity index (χ0v) is 12.4. The number of ether oxygens (including phenoxy) is 1. The van der Waals surface area contributed by atoms with E-state index in [1.54, 1.807) is 0 Å². The molecular formula is C17H20ClNO. The first-order valence-electron chi connectivity index (χ1n) is 6.97. The molecule has 2 rings (SSSR count). The predicted octanol–water partition coefficient (Wildman–Crippen LogP) is 4.46. The third kappa shape index (κ3) is 4.26. The molecule has 0 fully saturated rings. The molecule has 1 N–H and O–H groups in total. The van der Waals surface area contributed by atoms with E-state index in [2.05, 4.69) is 24.4 Å². The zero-order valence-electron chi connectivity index (χ0n) is 11.7. The molecule has 1 atom stereocenters. The zero-order chi connectivity index (χ0) is 14.2. The monoisotopic (exact) mass is 289 g/mol. The van der Waals surface area contributed by atoms with Gasteiger partial charge in [-0.25, -0.2) is 0 Å². The van der Waals surface area contributed by atoms with Gasteiger partial charge in [0.2, 0.25) is 0 Å². The third-order valence-corrected chi connectivity index (χ3v) is 3.40. The van der Waals surface area contributed by atoms with Crippen LogP contribution in [0.5, 0.6) is 5.75 Å². The topological polar surface area (TPSA) is 21.3 Å². The van der Waals surface area contributed by atoms with Crippen molar-refractivity contribution in [3.8, 4) is 5.75 Å². The number of nitrogens with one attached hydrogen (secondary N) is 1. The Morgan fingerprint density at radius 1 is 1.05 bits per heavy atom. The lowest BCUT2D eigenvalue weighted by molar-refractivity contribution is 0.266. The van der Waals surface area contributed by atoms with E-state index in [0.29, 0.717) is 11.6 Å². The van der Waals surface area contributed by atoms with E-state index in [1.165, 1.54) is 5.56 Å². The molecule has 0 saturated heterocycles. The average molecular weight is 290 g/mol. The molecule has 0 radical (unpaired) electrons. The van der Waals surface area contributed by atoms with Gasteiger partial charge < -0.3 is 10.1 Å². The van der Waals surface area contributed by atoms with E-state index in [-0.39, 0.29) is 6.04 Å². The molecule has 3 heteroatoms. The predicted molar refractivity (Wildman–Crippen MR) is 84.4 cm³/mol. The summed E-state index contributed by atoms with van der Waals surface area (Å²) in [5, 5.41) is 4.16. The Labute approximate surface area is 125 Å². The van der Waals surface area contributed by atoms with Gasteiger partial charge in [0.15, 0.2) is 0 Å². The number of hydrogen-bond donors (Lipinski definition) is 1. The molecular weight excluding hydrogens is 270 g/mol. The number of halogens is 1. The summed E-state index contributed by atoms with van der Waals surface area (Å²) in [6.07, 6.45) is 1.09. The molecule has 0 heterocycles. The molecule has 2 aromatic rings. The van der Waals surface area contributed by atoms with Crippen molar-refractivity contribution in [1.29, 1.82) is 0 Å². The van der Waals surface area contributed by atoms with Crippen molar-refractivity contribution in [2.45, 2.75) is 19.4 Å². The smallest absolute Gasteiger partial charge is 0.137 e. The first-order valence-corrected chi connectivity index (χ1v) is 7.34. The van der Waals surface area contributed by atoms with Crippen LogP contribution in [0.25, 0.3) is 0 Å². The second-order valence-corrected chi connectivity index (χ2v) is 5.07. The molecule has 1 unspecified atom stereocenters.